The van der Waals surface area contributed by atoms with Crippen LogP contribution >= 0.6 is 0 Å². The molecule has 4 aliphatic rings. The fourth-order valence-electron chi connectivity index (χ4n) is 7.20. The summed E-state index contributed by atoms with van der Waals surface area (Å²) >= 11 is 0. The summed E-state index contributed by atoms with van der Waals surface area (Å²) in [5, 5.41) is 9.51. The maximum absolute atomic E-state index is 14.3. The van der Waals surface area contributed by atoms with Crippen LogP contribution in [0.4, 0.5) is 0 Å². The molecule has 190 valence electrons. The number of rotatable bonds is 9. The second-order valence-electron chi connectivity index (χ2n) is 10.6. The molecule has 0 aromatic carbocycles. The summed E-state index contributed by atoms with van der Waals surface area (Å²) < 4.78 is 12.1. The maximum atomic E-state index is 14.3. The number of esters is 1. The molecular formula is C26H40N2O6. The Hall–Kier alpha value is -1.93. The minimum Gasteiger partial charge on any atom is -0.466 e. The van der Waals surface area contributed by atoms with Gasteiger partial charge in [-0.1, -0.05) is 32.3 Å². The first kappa shape index (κ1) is 25.2. The lowest BCUT2D eigenvalue weighted by atomic mass is 9.62. The van der Waals surface area contributed by atoms with Crippen LogP contribution in [0.25, 0.3) is 0 Å². The molecule has 0 aromatic heterocycles. The van der Waals surface area contributed by atoms with E-state index in [1.165, 1.54) is 6.42 Å². The van der Waals surface area contributed by atoms with E-state index in [1.54, 1.807) is 17.9 Å². The second-order valence-corrected chi connectivity index (χ2v) is 10.6. The van der Waals surface area contributed by atoms with E-state index >= 15 is 0 Å². The van der Waals surface area contributed by atoms with Crippen LogP contribution in [-0.4, -0.2) is 82.3 Å². The van der Waals surface area contributed by atoms with Crippen molar-refractivity contribution in [2.75, 3.05) is 26.3 Å². The van der Waals surface area contributed by atoms with Gasteiger partial charge in [-0.25, -0.2) is 0 Å². The van der Waals surface area contributed by atoms with E-state index < -0.39 is 35.0 Å². The van der Waals surface area contributed by atoms with Crippen LogP contribution in [0.3, 0.4) is 0 Å². The molecule has 6 atom stereocenters. The first-order chi connectivity index (χ1) is 16.3. The van der Waals surface area contributed by atoms with Gasteiger partial charge in [-0.2, -0.15) is 0 Å². The van der Waals surface area contributed by atoms with Gasteiger partial charge >= 0.3 is 5.97 Å². The topological polar surface area (TPSA) is 96.4 Å². The summed E-state index contributed by atoms with van der Waals surface area (Å²) in [6, 6.07) is -0.709. The Kier molecular flexibility index (Phi) is 7.11. The quantitative estimate of drug-likeness (QED) is 0.405. The lowest BCUT2D eigenvalue weighted by molar-refractivity contribution is -0.162. The number of ether oxygens (including phenoxy) is 2. The maximum Gasteiger partial charge on any atom is 0.312 e. The zero-order chi connectivity index (χ0) is 24.7. The lowest BCUT2D eigenvalue weighted by Crippen LogP contribution is -2.58. The van der Waals surface area contributed by atoms with Crippen molar-refractivity contribution >= 4 is 17.8 Å². The summed E-state index contributed by atoms with van der Waals surface area (Å²) in [4.78, 5) is 44.8. The summed E-state index contributed by atoms with van der Waals surface area (Å²) in [6.45, 7) is 10.4. The highest BCUT2D eigenvalue weighted by Crippen LogP contribution is 2.65. The highest BCUT2D eigenvalue weighted by molar-refractivity contribution is 5.98. The first-order valence-corrected chi connectivity index (χ1v) is 13.0. The van der Waals surface area contributed by atoms with Gasteiger partial charge in [0.1, 0.15) is 17.6 Å². The molecule has 0 radical (unpaired) electrons. The number of carbonyl (C=O) groups is 3. The Bertz CT molecular complexity index is 826. The molecule has 1 N–H and O–H groups in total. The third kappa shape index (κ3) is 3.68. The largest absolute Gasteiger partial charge is 0.466 e. The normalized spacial score (nSPS) is 37.1. The van der Waals surface area contributed by atoms with Crippen molar-refractivity contribution < 1.29 is 29.0 Å². The molecule has 3 heterocycles. The number of fused-ring (bicyclic) bond motifs is 1. The van der Waals surface area contributed by atoms with Gasteiger partial charge in [0.15, 0.2) is 0 Å². The number of hydrogen-bond donors (Lipinski definition) is 1. The number of hydrogen-bond acceptors (Lipinski definition) is 6. The van der Waals surface area contributed by atoms with Crippen molar-refractivity contribution in [1.82, 2.24) is 9.80 Å². The number of nitrogens with zero attached hydrogens (tertiary/aromatic N) is 2. The van der Waals surface area contributed by atoms with Crippen molar-refractivity contribution in [3.8, 4) is 0 Å². The predicted octanol–water partition coefficient (Wildman–Crippen LogP) is 2.29. The molecule has 34 heavy (non-hydrogen) atoms. The number of likely N-dealkylation sites (tertiary alicyclic amines) is 1. The number of aliphatic hydroxyl groups excluding tert-OH is 1. The highest BCUT2D eigenvalue weighted by atomic mass is 16.6. The van der Waals surface area contributed by atoms with E-state index in [0.29, 0.717) is 19.4 Å². The fraction of sp³-hybridized carbons (Fsp3) is 0.808. The molecule has 3 unspecified atom stereocenters. The summed E-state index contributed by atoms with van der Waals surface area (Å²) in [5.74, 6) is -2.30. The molecule has 2 amide bonds. The molecule has 8 heteroatoms. The molecule has 1 spiro atoms. The van der Waals surface area contributed by atoms with Crippen LogP contribution in [0, 0.1) is 17.8 Å². The molecule has 1 saturated carbocycles. The van der Waals surface area contributed by atoms with Crippen LogP contribution in [0.1, 0.15) is 65.7 Å². The molecular weight excluding hydrogens is 436 g/mol. The van der Waals surface area contributed by atoms with Crippen molar-refractivity contribution in [3.63, 3.8) is 0 Å². The van der Waals surface area contributed by atoms with Crippen LogP contribution in [-0.2, 0) is 23.9 Å². The highest BCUT2D eigenvalue weighted by Gasteiger charge is 2.80. The van der Waals surface area contributed by atoms with E-state index in [1.807, 2.05) is 18.7 Å². The van der Waals surface area contributed by atoms with Crippen molar-refractivity contribution in [1.29, 1.82) is 0 Å². The van der Waals surface area contributed by atoms with E-state index in [-0.39, 0.29) is 43.5 Å². The average Bonchev–Trinajstić information content (AvgIpc) is 3.33. The minimum absolute atomic E-state index is 0.0124. The van der Waals surface area contributed by atoms with Gasteiger partial charge in [0, 0.05) is 25.7 Å². The van der Waals surface area contributed by atoms with Crippen LogP contribution < -0.4 is 0 Å². The monoisotopic (exact) mass is 476 g/mol. The van der Waals surface area contributed by atoms with E-state index in [0.717, 1.165) is 25.7 Å². The van der Waals surface area contributed by atoms with Crippen molar-refractivity contribution in [3.05, 3.63) is 12.7 Å². The minimum atomic E-state index is -1.07. The van der Waals surface area contributed by atoms with E-state index in [2.05, 4.69) is 6.58 Å². The summed E-state index contributed by atoms with van der Waals surface area (Å²) in [5.41, 5.74) is -1.93. The smallest absolute Gasteiger partial charge is 0.312 e. The Morgan fingerprint density at radius 3 is 2.65 bits per heavy atom. The number of amides is 2. The molecule has 4 rings (SSSR count). The predicted molar refractivity (Wildman–Crippen MR) is 126 cm³/mol. The third-order valence-corrected chi connectivity index (χ3v) is 8.77. The molecule has 3 saturated heterocycles. The van der Waals surface area contributed by atoms with Gasteiger partial charge in [-0.15, -0.1) is 6.58 Å². The fourth-order valence-corrected chi connectivity index (χ4v) is 7.20. The van der Waals surface area contributed by atoms with E-state index in [4.69, 9.17) is 9.47 Å². The lowest BCUT2D eigenvalue weighted by Gasteiger charge is -2.41. The Balaban J connectivity index is 1.77. The van der Waals surface area contributed by atoms with Crippen LogP contribution in [0.5, 0.6) is 0 Å². The molecule has 2 bridgehead atoms. The van der Waals surface area contributed by atoms with Gasteiger partial charge < -0.3 is 24.4 Å². The Labute approximate surface area is 202 Å². The molecule has 8 nitrogen and oxygen atoms in total. The second kappa shape index (κ2) is 9.61. The third-order valence-electron chi connectivity index (χ3n) is 8.77. The number of aliphatic hydroxyl groups is 1. The Morgan fingerprint density at radius 2 is 2.03 bits per heavy atom. The molecule has 3 aliphatic heterocycles. The van der Waals surface area contributed by atoms with Crippen LogP contribution in [0.15, 0.2) is 12.7 Å². The standard InChI is InChI=1S/C26H40N2O6/c1-5-13-27(18-11-8-7-9-12-18)23(31)21-26-16-17(3)25(4,34-26)20(24(32)33-6-2)19(26)22(30)28(21)14-10-15-29/h5,17-21,29H,1,6-16H2,2-4H3/t17?,19-,20+,21?,25-,26?/m0/s1. The van der Waals surface area contributed by atoms with Crippen molar-refractivity contribution in [2.45, 2.75) is 89.0 Å². The molecule has 4 fully saturated rings. The molecule has 0 aromatic rings. The average molecular weight is 477 g/mol. The summed E-state index contributed by atoms with van der Waals surface area (Å²) in [7, 11) is 0. The zero-order valence-corrected chi connectivity index (χ0v) is 20.8. The zero-order valence-electron chi connectivity index (χ0n) is 20.8. The number of carbonyl (C=O) groups excluding carboxylic acids is 3. The van der Waals surface area contributed by atoms with Gasteiger partial charge in [-0.05, 0) is 45.4 Å². The van der Waals surface area contributed by atoms with Crippen LogP contribution in [0.2, 0.25) is 0 Å². The van der Waals surface area contributed by atoms with E-state index in [9.17, 15) is 19.5 Å². The van der Waals surface area contributed by atoms with Crippen molar-refractivity contribution in [2.24, 2.45) is 17.8 Å². The summed E-state index contributed by atoms with van der Waals surface area (Å²) in [6.07, 6.45) is 7.84. The van der Waals surface area contributed by atoms with Gasteiger partial charge in [0.2, 0.25) is 11.8 Å². The van der Waals surface area contributed by atoms with Gasteiger partial charge in [-0.3, -0.25) is 14.4 Å². The first-order valence-electron chi connectivity index (χ1n) is 13.0. The SMILES string of the molecule is C=CCN(C(=O)C1N(CCCO)C(=O)[C@@H]2[C@H](C(=O)OCC)[C@@]3(C)OC12CC3C)C1CCCCC1. The Morgan fingerprint density at radius 1 is 1.32 bits per heavy atom. The molecule has 1 aliphatic carbocycles. The van der Waals surface area contributed by atoms with Gasteiger partial charge in [0.05, 0.1) is 18.1 Å². The van der Waals surface area contributed by atoms with Gasteiger partial charge in [0.25, 0.3) is 0 Å².